The van der Waals surface area contributed by atoms with Crippen molar-refractivity contribution in [3.63, 3.8) is 0 Å². The zero-order valence-electron chi connectivity index (χ0n) is 9.04. The molecule has 2 aliphatic rings. The van der Waals surface area contributed by atoms with E-state index in [-0.39, 0.29) is 12.0 Å². The van der Waals surface area contributed by atoms with Crippen LogP contribution in [0.5, 0.6) is 0 Å². The van der Waals surface area contributed by atoms with Crippen molar-refractivity contribution < 1.29 is 9.84 Å². The zero-order valence-corrected chi connectivity index (χ0v) is 9.04. The minimum absolute atomic E-state index is 0.0700. The highest BCUT2D eigenvalue weighted by Crippen LogP contribution is 2.29. The van der Waals surface area contributed by atoms with Crippen LogP contribution in [0, 0.1) is 11.3 Å². The number of nitrogens with zero attached hydrogens (tertiary/aromatic N) is 1. The van der Waals surface area contributed by atoms with Gasteiger partial charge in [0.05, 0.1) is 25.2 Å². The first-order valence-corrected chi connectivity index (χ1v) is 5.65. The van der Waals surface area contributed by atoms with E-state index >= 15 is 0 Å². The summed E-state index contributed by atoms with van der Waals surface area (Å²) in [5.74, 6) is 0.883. The molecule has 3 nitrogen and oxygen atoms in total. The number of piperidine rings is 1. The van der Waals surface area contributed by atoms with Crippen molar-refractivity contribution in [2.24, 2.45) is 11.3 Å². The first kappa shape index (κ1) is 10.4. The normalized spacial score (nSPS) is 28.7. The van der Waals surface area contributed by atoms with Gasteiger partial charge >= 0.3 is 0 Å². The predicted octanol–water partition coefficient (Wildman–Crippen LogP) is 0.727. The second-order valence-electron chi connectivity index (χ2n) is 5.11. The molecule has 1 N–H and O–H groups in total. The third kappa shape index (κ3) is 2.10. The van der Waals surface area contributed by atoms with E-state index in [0.29, 0.717) is 0 Å². The van der Waals surface area contributed by atoms with Crippen LogP contribution in [0.3, 0.4) is 0 Å². The zero-order chi connectivity index (χ0) is 10.0. The van der Waals surface area contributed by atoms with Crippen molar-refractivity contribution in [1.29, 1.82) is 0 Å². The highest BCUT2D eigenvalue weighted by molar-refractivity contribution is 4.89. The van der Waals surface area contributed by atoms with Gasteiger partial charge in [-0.3, -0.25) is 0 Å². The number of rotatable bonds is 3. The lowest BCUT2D eigenvalue weighted by Crippen LogP contribution is -2.54. The van der Waals surface area contributed by atoms with Gasteiger partial charge in [0, 0.05) is 6.54 Å². The Bertz CT molecular complexity index is 178. The summed E-state index contributed by atoms with van der Waals surface area (Å²) in [7, 11) is 0. The standard InChI is InChI=1S/C11H21NO2/c1-10-2-4-12(5-3-10)6-11(7-13)8-14-9-11/h10,13H,2-9H2,1H3. The molecule has 2 aliphatic heterocycles. The first-order valence-electron chi connectivity index (χ1n) is 5.65. The van der Waals surface area contributed by atoms with Gasteiger partial charge in [-0.25, -0.2) is 0 Å². The summed E-state index contributed by atoms with van der Waals surface area (Å²) in [6, 6.07) is 0. The number of aliphatic hydroxyl groups is 1. The molecule has 0 bridgehead atoms. The average Bonchev–Trinajstić information content (AvgIpc) is 2.15. The topological polar surface area (TPSA) is 32.7 Å². The van der Waals surface area contributed by atoms with Crippen molar-refractivity contribution in [2.45, 2.75) is 19.8 Å². The summed E-state index contributed by atoms with van der Waals surface area (Å²) in [6.07, 6.45) is 2.62. The molecule has 2 rings (SSSR count). The van der Waals surface area contributed by atoms with Crippen LogP contribution >= 0.6 is 0 Å². The second kappa shape index (κ2) is 4.17. The van der Waals surface area contributed by atoms with Gasteiger partial charge in [0.25, 0.3) is 0 Å². The van der Waals surface area contributed by atoms with Gasteiger partial charge in [0.2, 0.25) is 0 Å². The van der Waals surface area contributed by atoms with Crippen LogP contribution in [0.1, 0.15) is 19.8 Å². The summed E-state index contributed by atoms with van der Waals surface area (Å²) >= 11 is 0. The Morgan fingerprint density at radius 2 is 2.00 bits per heavy atom. The minimum Gasteiger partial charge on any atom is -0.396 e. The fourth-order valence-corrected chi connectivity index (χ4v) is 2.32. The molecule has 14 heavy (non-hydrogen) atoms. The van der Waals surface area contributed by atoms with Crippen molar-refractivity contribution in [2.75, 3.05) is 39.5 Å². The minimum atomic E-state index is 0.0700. The quantitative estimate of drug-likeness (QED) is 0.727. The van der Waals surface area contributed by atoms with E-state index in [2.05, 4.69) is 11.8 Å². The maximum atomic E-state index is 9.31. The molecule has 0 atom stereocenters. The average molecular weight is 199 g/mol. The molecule has 0 aromatic heterocycles. The number of ether oxygens (including phenoxy) is 1. The van der Waals surface area contributed by atoms with Crippen LogP contribution in [0.15, 0.2) is 0 Å². The Kier molecular flexibility index (Phi) is 3.10. The molecule has 2 heterocycles. The first-order chi connectivity index (χ1) is 6.74. The fourth-order valence-electron chi connectivity index (χ4n) is 2.32. The lowest BCUT2D eigenvalue weighted by molar-refractivity contribution is -0.150. The summed E-state index contributed by atoms with van der Waals surface area (Å²) in [4.78, 5) is 2.48. The number of likely N-dealkylation sites (tertiary alicyclic amines) is 1. The summed E-state index contributed by atoms with van der Waals surface area (Å²) in [5.41, 5.74) is 0.0700. The lowest BCUT2D eigenvalue weighted by atomic mass is 9.85. The van der Waals surface area contributed by atoms with Crippen LogP contribution in [-0.2, 0) is 4.74 Å². The number of hydrogen-bond donors (Lipinski definition) is 1. The third-order valence-electron chi connectivity index (χ3n) is 3.59. The number of aliphatic hydroxyl groups excluding tert-OH is 1. The molecule has 0 spiro atoms. The monoisotopic (exact) mass is 199 g/mol. The molecule has 0 radical (unpaired) electrons. The summed E-state index contributed by atoms with van der Waals surface area (Å²) < 4.78 is 5.21. The summed E-state index contributed by atoms with van der Waals surface area (Å²) in [5, 5.41) is 9.31. The molecule has 0 unspecified atom stereocenters. The van der Waals surface area contributed by atoms with Crippen molar-refractivity contribution >= 4 is 0 Å². The SMILES string of the molecule is CC1CCN(CC2(CO)COC2)CC1. The van der Waals surface area contributed by atoms with Gasteiger partial charge < -0.3 is 14.7 Å². The van der Waals surface area contributed by atoms with E-state index in [1.54, 1.807) is 0 Å². The van der Waals surface area contributed by atoms with Gasteiger partial charge in [0.15, 0.2) is 0 Å². The molecule has 0 saturated carbocycles. The Balaban J connectivity index is 1.79. The van der Waals surface area contributed by atoms with Crippen molar-refractivity contribution in [3.8, 4) is 0 Å². The Morgan fingerprint density at radius 3 is 2.43 bits per heavy atom. The van der Waals surface area contributed by atoms with Crippen molar-refractivity contribution in [3.05, 3.63) is 0 Å². The molecule has 0 aromatic rings. The second-order valence-corrected chi connectivity index (χ2v) is 5.11. The maximum Gasteiger partial charge on any atom is 0.0579 e. The van der Waals surface area contributed by atoms with Crippen molar-refractivity contribution in [1.82, 2.24) is 4.90 Å². The van der Waals surface area contributed by atoms with Gasteiger partial charge in [0.1, 0.15) is 0 Å². The molecule has 2 fully saturated rings. The molecule has 3 heteroatoms. The molecule has 82 valence electrons. The molecule has 2 saturated heterocycles. The van der Waals surface area contributed by atoms with E-state index < -0.39 is 0 Å². The largest absolute Gasteiger partial charge is 0.396 e. The van der Waals surface area contributed by atoms with Gasteiger partial charge in [-0.15, -0.1) is 0 Å². The van der Waals surface area contributed by atoms with E-state index in [0.717, 1.165) is 25.7 Å². The molecular weight excluding hydrogens is 178 g/mol. The molecular formula is C11H21NO2. The third-order valence-corrected chi connectivity index (χ3v) is 3.59. The van der Waals surface area contributed by atoms with Crippen LogP contribution in [-0.4, -0.2) is 49.5 Å². The lowest BCUT2D eigenvalue weighted by Gasteiger charge is -2.44. The maximum absolute atomic E-state index is 9.31. The van der Waals surface area contributed by atoms with E-state index in [9.17, 15) is 5.11 Å². The van der Waals surface area contributed by atoms with E-state index in [1.165, 1.54) is 25.9 Å². The highest BCUT2D eigenvalue weighted by atomic mass is 16.5. The molecule has 0 aliphatic carbocycles. The predicted molar refractivity (Wildman–Crippen MR) is 55.2 cm³/mol. The molecule has 0 aromatic carbocycles. The smallest absolute Gasteiger partial charge is 0.0579 e. The van der Waals surface area contributed by atoms with Crippen LogP contribution < -0.4 is 0 Å². The number of hydrogen-bond acceptors (Lipinski definition) is 3. The van der Waals surface area contributed by atoms with E-state index in [4.69, 9.17) is 4.74 Å². The highest BCUT2D eigenvalue weighted by Gasteiger charge is 2.39. The Hall–Kier alpha value is -0.120. The van der Waals surface area contributed by atoms with Gasteiger partial charge in [-0.1, -0.05) is 6.92 Å². The van der Waals surface area contributed by atoms with Gasteiger partial charge in [-0.05, 0) is 31.8 Å². The summed E-state index contributed by atoms with van der Waals surface area (Å²) in [6.45, 7) is 7.51. The molecule has 0 amide bonds. The van der Waals surface area contributed by atoms with Crippen LogP contribution in [0.2, 0.25) is 0 Å². The Labute approximate surface area is 86.0 Å². The Morgan fingerprint density at radius 1 is 1.36 bits per heavy atom. The van der Waals surface area contributed by atoms with E-state index in [1.807, 2.05) is 0 Å². The fraction of sp³-hybridized carbons (Fsp3) is 1.00. The van der Waals surface area contributed by atoms with Gasteiger partial charge in [-0.2, -0.15) is 0 Å². The van der Waals surface area contributed by atoms with Crippen LogP contribution in [0.25, 0.3) is 0 Å². The van der Waals surface area contributed by atoms with Crippen LogP contribution in [0.4, 0.5) is 0 Å².